The van der Waals surface area contributed by atoms with Crippen LogP contribution in [0.25, 0.3) is 0 Å². The molecule has 0 aromatic heterocycles. The average Bonchev–Trinajstić information content (AvgIpc) is 2.71. The summed E-state index contributed by atoms with van der Waals surface area (Å²) in [6.45, 7) is 8.01. The fourth-order valence-electron chi connectivity index (χ4n) is 3.06. The van der Waals surface area contributed by atoms with Gasteiger partial charge in [-0.3, -0.25) is 4.99 Å². The number of aliphatic imine (C=N–C) groups is 1. The molecule has 28 heavy (non-hydrogen) atoms. The lowest BCUT2D eigenvalue weighted by atomic mass is 10.0. The number of nitrogens with zero attached hydrogens (tertiary/aromatic N) is 2. The van der Waals surface area contributed by atoms with Crippen molar-refractivity contribution in [3.8, 4) is 11.5 Å². The Kier molecular flexibility index (Phi) is 11.8. The van der Waals surface area contributed by atoms with Gasteiger partial charge in [0.25, 0.3) is 0 Å². The van der Waals surface area contributed by atoms with Gasteiger partial charge in [0.15, 0.2) is 5.96 Å². The molecule has 160 valence electrons. The smallest absolute Gasteiger partial charge is 0.191 e. The van der Waals surface area contributed by atoms with Crippen LogP contribution >= 0.6 is 35.7 Å². The summed E-state index contributed by atoms with van der Waals surface area (Å²) in [5.41, 5.74) is 1.15. The van der Waals surface area contributed by atoms with Crippen molar-refractivity contribution in [3.05, 3.63) is 18.2 Å². The fraction of sp³-hybridized carbons (Fsp3) is 0.650. The van der Waals surface area contributed by atoms with E-state index < -0.39 is 0 Å². The van der Waals surface area contributed by atoms with Crippen molar-refractivity contribution < 1.29 is 9.47 Å². The zero-order valence-electron chi connectivity index (χ0n) is 17.7. The monoisotopic (exact) mass is 522 g/mol. The van der Waals surface area contributed by atoms with Crippen LogP contribution in [0.3, 0.4) is 0 Å². The Hall–Kier alpha value is -1.03. The number of methoxy groups -OCH3 is 2. The van der Waals surface area contributed by atoms with E-state index in [1.165, 1.54) is 0 Å². The highest BCUT2D eigenvalue weighted by Crippen LogP contribution is 2.30. The van der Waals surface area contributed by atoms with E-state index in [2.05, 4.69) is 47.8 Å². The zero-order chi connectivity index (χ0) is 19.6. The molecule has 1 heterocycles. The molecule has 1 aromatic rings. The molecule has 0 saturated carbocycles. The minimum absolute atomic E-state index is 0. The number of ether oxygens (including phenoxy) is 2. The van der Waals surface area contributed by atoms with Gasteiger partial charge in [-0.25, -0.2) is 0 Å². The first kappa shape index (κ1) is 25.0. The summed E-state index contributed by atoms with van der Waals surface area (Å²) < 4.78 is 10.8. The summed E-state index contributed by atoms with van der Waals surface area (Å²) >= 11 is 1.84. The van der Waals surface area contributed by atoms with Gasteiger partial charge in [0, 0.05) is 54.8 Å². The SMILES string of the molecule is CCNC(=NCC(C)SC)NC1CCN(c2cc(OC)cc(OC)c2)CC1.I. The second-order valence-corrected chi connectivity index (χ2v) is 8.02. The van der Waals surface area contributed by atoms with E-state index in [0.29, 0.717) is 11.3 Å². The Morgan fingerprint density at radius 1 is 1.21 bits per heavy atom. The highest BCUT2D eigenvalue weighted by atomic mass is 127. The topological polar surface area (TPSA) is 58.1 Å². The molecule has 0 bridgehead atoms. The minimum Gasteiger partial charge on any atom is -0.497 e. The first-order valence-corrected chi connectivity index (χ1v) is 10.9. The van der Waals surface area contributed by atoms with Crippen molar-refractivity contribution in [1.29, 1.82) is 0 Å². The van der Waals surface area contributed by atoms with Crippen LogP contribution in [0.1, 0.15) is 26.7 Å². The van der Waals surface area contributed by atoms with Crippen molar-refractivity contribution in [2.24, 2.45) is 4.99 Å². The number of guanidine groups is 1. The maximum atomic E-state index is 5.40. The third-order valence-electron chi connectivity index (χ3n) is 4.79. The third kappa shape index (κ3) is 7.77. The molecule has 2 N–H and O–H groups in total. The molecule has 1 aliphatic rings. The standard InChI is InChI=1S/C20H34N4O2S.HI/c1-6-21-20(22-14-15(2)27-5)23-16-7-9-24(10-8-16)17-11-18(25-3)13-19(12-17)26-4;/h11-13,15-16H,6-10,14H2,1-5H3,(H2,21,22,23);1H. The second-order valence-electron chi connectivity index (χ2n) is 6.74. The molecule has 1 aromatic carbocycles. The van der Waals surface area contributed by atoms with Gasteiger partial charge in [0.2, 0.25) is 0 Å². The molecule has 1 unspecified atom stereocenters. The number of rotatable bonds is 8. The summed E-state index contributed by atoms with van der Waals surface area (Å²) in [6, 6.07) is 6.50. The molecule has 0 amide bonds. The number of halogens is 1. The van der Waals surface area contributed by atoms with Crippen LogP contribution in [0.15, 0.2) is 23.2 Å². The van der Waals surface area contributed by atoms with Crippen molar-refractivity contribution in [2.45, 2.75) is 38.0 Å². The molecular formula is C20H35IN4O2S. The Morgan fingerprint density at radius 3 is 2.32 bits per heavy atom. The minimum atomic E-state index is 0. The Bertz CT molecular complexity index is 588. The summed E-state index contributed by atoms with van der Waals surface area (Å²) in [5, 5.41) is 7.51. The number of nitrogens with one attached hydrogen (secondary N) is 2. The van der Waals surface area contributed by atoms with Crippen molar-refractivity contribution in [3.63, 3.8) is 0 Å². The van der Waals surface area contributed by atoms with Gasteiger partial charge in [0.05, 0.1) is 20.8 Å². The lowest BCUT2D eigenvalue weighted by Gasteiger charge is -2.35. The zero-order valence-corrected chi connectivity index (χ0v) is 20.8. The third-order valence-corrected chi connectivity index (χ3v) is 5.74. The number of hydrogen-bond donors (Lipinski definition) is 2. The lowest BCUT2D eigenvalue weighted by Crippen LogP contribution is -2.49. The van der Waals surface area contributed by atoms with Gasteiger partial charge in [-0.15, -0.1) is 24.0 Å². The van der Waals surface area contributed by atoms with E-state index >= 15 is 0 Å². The van der Waals surface area contributed by atoms with Gasteiger partial charge in [-0.05, 0) is 26.0 Å². The van der Waals surface area contributed by atoms with E-state index in [1.807, 2.05) is 17.8 Å². The summed E-state index contributed by atoms with van der Waals surface area (Å²) in [5.74, 6) is 2.59. The number of anilines is 1. The first-order chi connectivity index (χ1) is 13.1. The average molecular weight is 522 g/mol. The normalized spacial score (nSPS) is 16.2. The summed E-state index contributed by atoms with van der Waals surface area (Å²) in [6.07, 6.45) is 4.27. The van der Waals surface area contributed by atoms with Crippen LogP contribution in [-0.2, 0) is 0 Å². The van der Waals surface area contributed by atoms with Crippen LogP contribution < -0.4 is 25.0 Å². The van der Waals surface area contributed by atoms with Crippen LogP contribution in [0.5, 0.6) is 11.5 Å². The number of piperidine rings is 1. The van der Waals surface area contributed by atoms with Crippen LogP contribution in [-0.4, -0.2) is 63.9 Å². The predicted octanol–water partition coefficient (Wildman–Crippen LogP) is 3.60. The van der Waals surface area contributed by atoms with E-state index in [4.69, 9.17) is 14.5 Å². The maximum absolute atomic E-state index is 5.40. The summed E-state index contributed by atoms with van der Waals surface area (Å²) in [4.78, 5) is 7.12. The largest absolute Gasteiger partial charge is 0.497 e. The molecule has 0 spiro atoms. The van der Waals surface area contributed by atoms with Gasteiger partial charge < -0.3 is 25.0 Å². The number of hydrogen-bond acceptors (Lipinski definition) is 5. The molecular weight excluding hydrogens is 487 g/mol. The van der Waals surface area contributed by atoms with Crippen molar-refractivity contribution >= 4 is 47.4 Å². The lowest BCUT2D eigenvalue weighted by molar-refractivity contribution is 0.393. The van der Waals surface area contributed by atoms with E-state index in [-0.39, 0.29) is 24.0 Å². The Labute approximate surface area is 191 Å². The molecule has 0 radical (unpaired) electrons. The first-order valence-electron chi connectivity index (χ1n) is 9.65. The molecule has 1 saturated heterocycles. The highest BCUT2D eigenvalue weighted by Gasteiger charge is 2.21. The van der Waals surface area contributed by atoms with Gasteiger partial charge in [0.1, 0.15) is 11.5 Å². The molecule has 0 aliphatic carbocycles. The van der Waals surface area contributed by atoms with E-state index in [0.717, 1.165) is 62.2 Å². The van der Waals surface area contributed by atoms with Gasteiger partial charge in [-0.1, -0.05) is 6.92 Å². The number of thioether (sulfide) groups is 1. The maximum Gasteiger partial charge on any atom is 0.191 e. The van der Waals surface area contributed by atoms with Crippen molar-refractivity contribution in [2.75, 3.05) is 51.6 Å². The Morgan fingerprint density at radius 2 is 1.82 bits per heavy atom. The van der Waals surface area contributed by atoms with Crippen LogP contribution in [0, 0.1) is 0 Å². The molecule has 2 rings (SSSR count). The molecule has 6 nitrogen and oxygen atoms in total. The predicted molar refractivity (Wildman–Crippen MR) is 132 cm³/mol. The van der Waals surface area contributed by atoms with Gasteiger partial charge in [-0.2, -0.15) is 11.8 Å². The van der Waals surface area contributed by atoms with E-state index in [1.54, 1.807) is 14.2 Å². The summed E-state index contributed by atoms with van der Waals surface area (Å²) in [7, 11) is 3.38. The Balaban J connectivity index is 0.00000392. The molecule has 1 fully saturated rings. The highest BCUT2D eigenvalue weighted by molar-refractivity contribution is 14.0. The fourth-order valence-corrected chi connectivity index (χ4v) is 3.29. The molecule has 1 aliphatic heterocycles. The van der Waals surface area contributed by atoms with Crippen LogP contribution in [0.4, 0.5) is 5.69 Å². The quantitative estimate of drug-likeness (QED) is 0.309. The van der Waals surface area contributed by atoms with E-state index in [9.17, 15) is 0 Å². The van der Waals surface area contributed by atoms with Gasteiger partial charge >= 0.3 is 0 Å². The number of benzene rings is 1. The second kappa shape index (κ2) is 13.2. The van der Waals surface area contributed by atoms with Crippen molar-refractivity contribution in [1.82, 2.24) is 10.6 Å². The van der Waals surface area contributed by atoms with Crippen LogP contribution in [0.2, 0.25) is 0 Å². The molecule has 8 heteroatoms. The molecule has 1 atom stereocenters.